The van der Waals surface area contributed by atoms with Crippen molar-refractivity contribution in [2.45, 2.75) is 26.9 Å². The SMILES string of the molecule is C=C(Nc1ccc(-c2cc(C(F)(F)F)nn2C)c(F)c1)c1cc(C)nn1C.CC. The Morgan fingerprint density at radius 3 is 2.17 bits per heavy atom. The summed E-state index contributed by atoms with van der Waals surface area (Å²) in [5.74, 6) is -0.675. The van der Waals surface area contributed by atoms with Crippen LogP contribution in [0.15, 0.2) is 36.9 Å². The van der Waals surface area contributed by atoms with Gasteiger partial charge in [0.2, 0.25) is 0 Å². The van der Waals surface area contributed by atoms with Crippen LogP contribution in [-0.4, -0.2) is 19.6 Å². The lowest BCUT2D eigenvalue weighted by atomic mass is 10.1. The smallest absolute Gasteiger partial charge is 0.354 e. The Bertz CT molecular complexity index is 1010. The van der Waals surface area contributed by atoms with E-state index in [1.807, 2.05) is 26.8 Å². The number of aryl methyl sites for hydroxylation is 3. The standard InChI is InChI=1S/C18H17F4N5.C2H6/c1-10-7-15(26(3)24-10)11(2)23-12-5-6-13(14(19)8-12)16-9-17(18(20,21)22)25-27(16)4;1-2/h5-9,23H,2H2,1,3-4H3;1-2H3. The van der Waals surface area contributed by atoms with E-state index in [0.717, 1.165) is 22.1 Å². The highest BCUT2D eigenvalue weighted by Gasteiger charge is 2.35. The number of benzene rings is 1. The second-order valence-electron chi connectivity index (χ2n) is 6.13. The van der Waals surface area contributed by atoms with Crippen LogP contribution in [0.1, 0.15) is 30.9 Å². The Balaban J connectivity index is 0.00000145. The van der Waals surface area contributed by atoms with E-state index in [9.17, 15) is 17.6 Å². The van der Waals surface area contributed by atoms with Crippen LogP contribution >= 0.6 is 0 Å². The zero-order valence-corrected chi connectivity index (χ0v) is 16.9. The number of hydrogen-bond acceptors (Lipinski definition) is 3. The number of nitrogens with zero attached hydrogens (tertiary/aromatic N) is 4. The van der Waals surface area contributed by atoms with Crippen LogP contribution in [0.25, 0.3) is 17.0 Å². The molecule has 29 heavy (non-hydrogen) atoms. The van der Waals surface area contributed by atoms with Crippen LogP contribution in [0, 0.1) is 12.7 Å². The fourth-order valence-corrected chi connectivity index (χ4v) is 2.79. The summed E-state index contributed by atoms with van der Waals surface area (Å²) in [5, 5.41) is 10.6. The van der Waals surface area contributed by atoms with Gasteiger partial charge in [0.15, 0.2) is 5.69 Å². The first kappa shape index (κ1) is 22.2. The van der Waals surface area contributed by atoms with Crippen molar-refractivity contribution in [3.8, 4) is 11.3 Å². The molecule has 0 amide bonds. The molecule has 0 fully saturated rings. The fraction of sp³-hybridized carbons (Fsp3) is 0.300. The molecule has 1 N–H and O–H groups in total. The normalized spacial score (nSPS) is 11.1. The molecule has 0 atom stereocenters. The number of rotatable bonds is 4. The van der Waals surface area contributed by atoms with Crippen LogP contribution in [0.5, 0.6) is 0 Å². The lowest BCUT2D eigenvalue weighted by Crippen LogP contribution is -2.06. The second-order valence-corrected chi connectivity index (χ2v) is 6.13. The molecule has 0 saturated carbocycles. The third-order valence-corrected chi connectivity index (χ3v) is 4.02. The Hall–Kier alpha value is -3.10. The minimum Gasteiger partial charge on any atom is -0.354 e. The molecule has 0 spiro atoms. The number of alkyl halides is 3. The summed E-state index contributed by atoms with van der Waals surface area (Å²) in [6.07, 6.45) is -4.59. The fourth-order valence-electron chi connectivity index (χ4n) is 2.79. The topological polar surface area (TPSA) is 47.7 Å². The quantitative estimate of drug-likeness (QED) is 0.588. The highest BCUT2D eigenvalue weighted by atomic mass is 19.4. The maximum absolute atomic E-state index is 14.5. The van der Waals surface area contributed by atoms with Crippen molar-refractivity contribution < 1.29 is 17.6 Å². The van der Waals surface area contributed by atoms with Crippen LogP contribution in [0.4, 0.5) is 23.2 Å². The Labute approximate surface area is 166 Å². The van der Waals surface area contributed by atoms with Crippen molar-refractivity contribution in [1.82, 2.24) is 19.6 Å². The molecule has 0 bridgehead atoms. The van der Waals surface area contributed by atoms with E-state index in [0.29, 0.717) is 11.4 Å². The number of hydrogen-bond donors (Lipinski definition) is 1. The lowest BCUT2D eigenvalue weighted by molar-refractivity contribution is -0.141. The highest BCUT2D eigenvalue weighted by molar-refractivity contribution is 5.75. The molecule has 156 valence electrons. The molecule has 0 radical (unpaired) electrons. The predicted molar refractivity (Wildman–Crippen MR) is 106 cm³/mol. The maximum atomic E-state index is 14.5. The van der Waals surface area contributed by atoms with Crippen molar-refractivity contribution in [2.75, 3.05) is 5.32 Å². The van der Waals surface area contributed by atoms with Crippen molar-refractivity contribution in [2.24, 2.45) is 14.1 Å². The van der Waals surface area contributed by atoms with Gasteiger partial charge < -0.3 is 5.32 Å². The minimum atomic E-state index is -4.59. The summed E-state index contributed by atoms with van der Waals surface area (Å²) in [6.45, 7) is 9.76. The van der Waals surface area contributed by atoms with Crippen molar-refractivity contribution in [3.63, 3.8) is 0 Å². The summed E-state index contributed by atoms with van der Waals surface area (Å²) < 4.78 is 55.6. The Morgan fingerprint density at radius 1 is 1.03 bits per heavy atom. The van der Waals surface area contributed by atoms with Gasteiger partial charge in [-0.25, -0.2) is 4.39 Å². The summed E-state index contributed by atoms with van der Waals surface area (Å²) in [6, 6.07) is 6.81. The summed E-state index contributed by atoms with van der Waals surface area (Å²) >= 11 is 0. The molecule has 2 aromatic heterocycles. The van der Waals surface area contributed by atoms with E-state index >= 15 is 0 Å². The van der Waals surface area contributed by atoms with E-state index < -0.39 is 17.7 Å². The van der Waals surface area contributed by atoms with Crippen molar-refractivity contribution in [3.05, 3.63) is 59.8 Å². The van der Waals surface area contributed by atoms with Gasteiger partial charge in [0.25, 0.3) is 0 Å². The minimum absolute atomic E-state index is 0.0213. The molecular formula is C20H23F4N5. The molecule has 3 rings (SSSR count). The molecule has 0 unspecified atom stereocenters. The van der Waals surface area contributed by atoms with Gasteiger partial charge in [0.05, 0.1) is 22.8 Å². The van der Waals surface area contributed by atoms with E-state index in [4.69, 9.17) is 0 Å². The van der Waals surface area contributed by atoms with Crippen LogP contribution < -0.4 is 5.32 Å². The number of halogens is 4. The van der Waals surface area contributed by atoms with E-state index in [1.54, 1.807) is 17.8 Å². The first-order valence-electron chi connectivity index (χ1n) is 8.94. The van der Waals surface area contributed by atoms with E-state index in [-0.39, 0.29) is 11.3 Å². The maximum Gasteiger partial charge on any atom is 0.435 e. The van der Waals surface area contributed by atoms with Crippen LogP contribution in [0.2, 0.25) is 0 Å². The summed E-state index contributed by atoms with van der Waals surface area (Å²) in [7, 11) is 3.10. The van der Waals surface area contributed by atoms with Crippen LogP contribution in [0.3, 0.4) is 0 Å². The largest absolute Gasteiger partial charge is 0.435 e. The van der Waals surface area contributed by atoms with Gasteiger partial charge in [0.1, 0.15) is 5.82 Å². The summed E-state index contributed by atoms with van der Waals surface area (Å²) in [4.78, 5) is 0. The van der Waals surface area contributed by atoms with Gasteiger partial charge in [-0.2, -0.15) is 23.4 Å². The Morgan fingerprint density at radius 2 is 1.69 bits per heavy atom. The number of anilines is 1. The molecule has 3 aromatic rings. The molecule has 2 heterocycles. The van der Waals surface area contributed by atoms with Crippen molar-refractivity contribution in [1.29, 1.82) is 0 Å². The molecule has 0 saturated heterocycles. The highest BCUT2D eigenvalue weighted by Crippen LogP contribution is 2.33. The first-order chi connectivity index (χ1) is 13.6. The van der Waals surface area contributed by atoms with Gasteiger partial charge in [-0.1, -0.05) is 20.4 Å². The van der Waals surface area contributed by atoms with Crippen LogP contribution in [-0.2, 0) is 20.3 Å². The second kappa shape index (κ2) is 8.50. The van der Waals surface area contributed by atoms with Gasteiger partial charge >= 0.3 is 6.18 Å². The molecule has 0 aliphatic rings. The molecule has 0 aliphatic carbocycles. The third-order valence-electron chi connectivity index (χ3n) is 4.02. The van der Waals surface area contributed by atoms with E-state index in [2.05, 4.69) is 22.1 Å². The Kier molecular flexibility index (Phi) is 6.51. The lowest BCUT2D eigenvalue weighted by Gasteiger charge is -2.11. The predicted octanol–water partition coefficient (Wildman–Crippen LogP) is 5.40. The zero-order chi connectivity index (χ0) is 21.9. The van der Waals surface area contributed by atoms with Gasteiger partial charge in [-0.15, -0.1) is 0 Å². The molecule has 0 aliphatic heterocycles. The molecule has 5 nitrogen and oxygen atoms in total. The van der Waals surface area contributed by atoms with Crippen molar-refractivity contribution >= 4 is 11.4 Å². The average Bonchev–Trinajstić information content (AvgIpc) is 3.19. The van der Waals surface area contributed by atoms with Gasteiger partial charge in [-0.05, 0) is 37.3 Å². The van der Waals surface area contributed by atoms with Gasteiger partial charge in [0, 0.05) is 25.3 Å². The average molecular weight is 409 g/mol. The molecule has 9 heteroatoms. The molecular weight excluding hydrogens is 386 g/mol. The summed E-state index contributed by atoms with van der Waals surface area (Å²) in [5.41, 5.74) is 1.47. The molecule has 1 aromatic carbocycles. The number of aromatic nitrogens is 4. The number of nitrogens with one attached hydrogen (secondary N) is 1. The van der Waals surface area contributed by atoms with Gasteiger partial charge in [-0.3, -0.25) is 9.36 Å². The zero-order valence-electron chi connectivity index (χ0n) is 16.9. The first-order valence-corrected chi connectivity index (χ1v) is 8.94. The van der Waals surface area contributed by atoms with E-state index in [1.165, 1.54) is 19.2 Å². The monoisotopic (exact) mass is 409 g/mol. The third kappa shape index (κ3) is 4.85.